The van der Waals surface area contributed by atoms with Crippen LogP contribution >= 0.6 is 0 Å². The number of hydrogen-bond donors (Lipinski definition) is 1. The highest BCUT2D eigenvalue weighted by Gasteiger charge is 2.29. The number of aromatic nitrogens is 2. The van der Waals surface area contributed by atoms with Crippen molar-refractivity contribution in [1.29, 1.82) is 0 Å². The highest BCUT2D eigenvalue weighted by molar-refractivity contribution is 5.25. The predicted molar refractivity (Wildman–Crippen MR) is 59.0 cm³/mol. The highest BCUT2D eigenvalue weighted by atomic mass is 16.5. The molecule has 1 aliphatic heterocycles. The number of aliphatic hydroxyl groups excluding tert-OH is 1. The zero-order valence-corrected chi connectivity index (χ0v) is 9.92. The van der Waals surface area contributed by atoms with Gasteiger partial charge in [-0.3, -0.25) is 0 Å². The Morgan fingerprint density at radius 3 is 2.88 bits per heavy atom. The maximum atomic E-state index is 10.2. The van der Waals surface area contributed by atoms with Crippen molar-refractivity contribution in [2.75, 3.05) is 27.4 Å². The molecule has 1 aliphatic rings. The third kappa shape index (κ3) is 2.48. The van der Waals surface area contributed by atoms with Crippen molar-refractivity contribution in [3.05, 3.63) is 11.9 Å². The summed E-state index contributed by atoms with van der Waals surface area (Å²) in [6.07, 6.45) is 1.57. The van der Waals surface area contributed by atoms with Gasteiger partial charge in [0.15, 0.2) is 0 Å². The second kappa shape index (κ2) is 5.29. The molecular formula is C11H16N2O4. The van der Waals surface area contributed by atoms with Crippen LogP contribution in [0, 0.1) is 5.92 Å². The van der Waals surface area contributed by atoms with Crippen LogP contribution < -0.4 is 9.47 Å². The molecule has 1 saturated heterocycles. The molecule has 0 radical (unpaired) electrons. The van der Waals surface area contributed by atoms with E-state index in [1.54, 1.807) is 0 Å². The van der Waals surface area contributed by atoms with Crippen LogP contribution in [0.2, 0.25) is 0 Å². The number of methoxy groups -OCH3 is 2. The molecule has 1 fully saturated rings. The van der Waals surface area contributed by atoms with Gasteiger partial charge in [0.1, 0.15) is 11.8 Å². The molecule has 0 amide bonds. The Morgan fingerprint density at radius 2 is 2.29 bits per heavy atom. The molecule has 2 atom stereocenters. The van der Waals surface area contributed by atoms with Gasteiger partial charge in [0.2, 0.25) is 11.8 Å². The Labute approximate surface area is 99.6 Å². The van der Waals surface area contributed by atoms with Crippen molar-refractivity contribution in [2.45, 2.75) is 12.5 Å². The molecule has 1 aromatic heterocycles. The Morgan fingerprint density at radius 1 is 1.47 bits per heavy atom. The van der Waals surface area contributed by atoms with Crippen LogP contribution in [0.15, 0.2) is 6.20 Å². The lowest BCUT2D eigenvalue weighted by Gasteiger charge is -2.17. The first-order valence-electron chi connectivity index (χ1n) is 5.47. The average Bonchev–Trinajstić information content (AvgIpc) is 2.91. The van der Waals surface area contributed by atoms with Crippen molar-refractivity contribution >= 4 is 0 Å². The number of aliphatic hydroxyl groups is 1. The van der Waals surface area contributed by atoms with Gasteiger partial charge in [0.05, 0.1) is 27.0 Å². The van der Waals surface area contributed by atoms with Crippen molar-refractivity contribution < 1.29 is 19.3 Å². The molecule has 1 aromatic rings. The van der Waals surface area contributed by atoms with E-state index in [0.29, 0.717) is 30.7 Å². The molecular weight excluding hydrogens is 224 g/mol. The lowest BCUT2D eigenvalue weighted by Crippen LogP contribution is -2.15. The molecule has 2 rings (SSSR count). The first kappa shape index (κ1) is 12.1. The molecule has 0 spiro atoms. The number of ether oxygens (including phenoxy) is 3. The molecule has 0 saturated carbocycles. The summed E-state index contributed by atoms with van der Waals surface area (Å²) >= 11 is 0. The first-order valence-corrected chi connectivity index (χ1v) is 5.47. The van der Waals surface area contributed by atoms with Crippen LogP contribution in [0.5, 0.6) is 11.8 Å². The summed E-state index contributed by atoms with van der Waals surface area (Å²) in [5.41, 5.74) is 0.434. The van der Waals surface area contributed by atoms with Gasteiger partial charge in [0, 0.05) is 12.5 Å². The molecule has 1 N–H and O–H groups in total. The summed E-state index contributed by atoms with van der Waals surface area (Å²) in [6.45, 7) is 1.21. The minimum absolute atomic E-state index is 0.0478. The van der Waals surface area contributed by atoms with Gasteiger partial charge in [-0.05, 0) is 6.42 Å². The summed E-state index contributed by atoms with van der Waals surface area (Å²) in [6, 6.07) is 0. The molecule has 17 heavy (non-hydrogen) atoms. The second-order valence-electron chi connectivity index (χ2n) is 3.88. The monoisotopic (exact) mass is 240 g/mol. The molecule has 0 aromatic carbocycles. The Kier molecular flexibility index (Phi) is 3.75. The fraction of sp³-hybridized carbons (Fsp3) is 0.636. The van der Waals surface area contributed by atoms with E-state index in [1.165, 1.54) is 20.4 Å². The first-order chi connectivity index (χ1) is 8.26. The van der Waals surface area contributed by atoms with Crippen molar-refractivity contribution in [1.82, 2.24) is 9.97 Å². The summed E-state index contributed by atoms with van der Waals surface area (Å²) in [5, 5.41) is 10.2. The van der Waals surface area contributed by atoms with E-state index in [0.717, 1.165) is 6.42 Å². The molecule has 6 nitrogen and oxygen atoms in total. The number of hydrogen-bond acceptors (Lipinski definition) is 6. The van der Waals surface area contributed by atoms with Crippen LogP contribution in [0.1, 0.15) is 18.2 Å². The Bertz CT molecular complexity index is 380. The van der Waals surface area contributed by atoms with E-state index in [9.17, 15) is 5.11 Å². The minimum Gasteiger partial charge on any atom is -0.480 e. The van der Waals surface area contributed by atoms with Gasteiger partial charge >= 0.3 is 0 Å². The minimum atomic E-state index is -0.717. The maximum absolute atomic E-state index is 10.2. The number of rotatable bonds is 4. The van der Waals surface area contributed by atoms with Crippen LogP contribution in [-0.2, 0) is 4.74 Å². The summed E-state index contributed by atoms with van der Waals surface area (Å²) < 4.78 is 15.3. The largest absolute Gasteiger partial charge is 0.480 e. The molecule has 94 valence electrons. The quantitative estimate of drug-likeness (QED) is 0.829. The van der Waals surface area contributed by atoms with Crippen LogP contribution in [0.4, 0.5) is 0 Å². The van der Waals surface area contributed by atoms with E-state index in [-0.39, 0.29) is 5.92 Å². The van der Waals surface area contributed by atoms with E-state index >= 15 is 0 Å². The fourth-order valence-corrected chi connectivity index (χ4v) is 1.84. The SMILES string of the molecule is COc1cnc(C(O)C2CCOC2)c(OC)n1. The highest BCUT2D eigenvalue weighted by Crippen LogP contribution is 2.32. The van der Waals surface area contributed by atoms with Gasteiger partial charge in [-0.25, -0.2) is 4.98 Å². The topological polar surface area (TPSA) is 73.7 Å². The molecule has 2 heterocycles. The van der Waals surface area contributed by atoms with E-state index in [2.05, 4.69) is 9.97 Å². The van der Waals surface area contributed by atoms with E-state index < -0.39 is 6.10 Å². The van der Waals surface area contributed by atoms with Gasteiger partial charge in [-0.15, -0.1) is 0 Å². The second-order valence-corrected chi connectivity index (χ2v) is 3.88. The Hall–Kier alpha value is -1.40. The van der Waals surface area contributed by atoms with Crippen molar-refractivity contribution in [3.63, 3.8) is 0 Å². The summed E-state index contributed by atoms with van der Waals surface area (Å²) in [4.78, 5) is 8.24. The summed E-state index contributed by atoms with van der Waals surface area (Å²) in [5.74, 6) is 0.704. The molecule has 2 unspecified atom stereocenters. The van der Waals surface area contributed by atoms with Crippen LogP contribution in [0.25, 0.3) is 0 Å². The third-order valence-corrected chi connectivity index (χ3v) is 2.84. The predicted octanol–water partition coefficient (Wildman–Crippen LogP) is 0.564. The summed E-state index contributed by atoms with van der Waals surface area (Å²) in [7, 11) is 3.00. The van der Waals surface area contributed by atoms with Crippen molar-refractivity contribution in [3.8, 4) is 11.8 Å². The maximum Gasteiger partial charge on any atom is 0.241 e. The van der Waals surface area contributed by atoms with E-state index in [4.69, 9.17) is 14.2 Å². The van der Waals surface area contributed by atoms with Gasteiger partial charge < -0.3 is 19.3 Å². The number of nitrogens with zero attached hydrogens (tertiary/aromatic N) is 2. The standard InChI is InChI=1S/C11H16N2O4/c1-15-8-5-12-9(11(13-8)16-2)10(14)7-3-4-17-6-7/h5,7,10,14H,3-4,6H2,1-2H3. The fourth-order valence-electron chi connectivity index (χ4n) is 1.84. The van der Waals surface area contributed by atoms with Crippen molar-refractivity contribution in [2.24, 2.45) is 5.92 Å². The lowest BCUT2D eigenvalue weighted by molar-refractivity contribution is 0.0853. The Balaban J connectivity index is 2.23. The normalized spacial score (nSPS) is 21.2. The van der Waals surface area contributed by atoms with Crippen LogP contribution in [0.3, 0.4) is 0 Å². The van der Waals surface area contributed by atoms with Gasteiger partial charge in [-0.2, -0.15) is 4.98 Å². The third-order valence-electron chi connectivity index (χ3n) is 2.84. The van der Waals surface area contributed by atoms with Gasteiger partial charge in [0.25, 0.3) is 0 Å². The van der Waals surface area contributed by atoms with Crippen LogP contribution in [-0.4, -0.2) is 42.5 Å². The van der Waals surface area contributed by atoms with E-state index in [1.807, 2.05) is 0 Å². The lowest BCUT2D eigenvalue weighted by atomic mass is 9.99. The average molecular weight is 240 g/mol. The zero-order valence-electron chi connectivity index (χ0n) is 9.92. The smallest absolute Gasteiger partial charge is 0.241 e. The molecule has 6 heteroatoms. The van der Waals surface area contributed by atoms with Gasteiger partial charge in [-0.1, -0.05) is 0 Å². The molecule has 0 bridgehead atoms. The molecule has 0 aliphatic carbocycles. The zero-order chi connectivity index (χ0) is 12.3.